The highest BCUT2D eigenvalue weighted by molar-refractivity contribution is 14.1. The Hall–Kier alpha value is -0.460. The molecule has 0 atom stereocenters. The summed E-state index contributed by atoms with van der Waals surface area (Å²) < 4.78 is 37.4. The van der Waals surface area contributed by atoms with Crippen molar-refractivity contribution >= 4 is 28.3 Å². The lowest BCUT2D eigenvalue weighted by Crippen LogP contribution is -2.33. The van der Waals surface area contributed by atoms with Gasteiger partial charge in [-0.2, -0.15) is 13.2 Å². The van der Waals surface area contributed by atoms with Crippen molar-refractivity contribution in [1.82, 2.24) is 0 Å². The molecule has 0 radical (unpaired) electrons. The summed E-state index contributed by atoms with van der Waals surface area (Å²) in [7, 11) is 1.00. The second kappa shape index (κ2) is 3.73. The van der Waals surface area contributed by atoms with E-state index < -0.39 is 6.30 Å². The maximum atomic E-state index is 12.2. The molecule has 0 aromatic heterocycles. The minimum Gasteiger partial charge on any atom is -0.287 e. The van der Waals surface area contributed by atoms with Crippen molar-refractivity contribution in [3.63, 3.8) is 0 Å². The largest absolute Gasteiger partial charge is 0.484 e. The molecule has 0 fully saturated rings. The molecule has 0 aliphatic carbocycles. The summed E-state index contributed by atoms with van der Waals surface area (Å²) in [6, 6.07) is 6.15. The first-order valence-corrected chi connectivity index (χ1v) is 4.55. The summed E-state index contributed by atoms with van der Waals surface area (Å²) in [6.07, 6.45) is -4.31. The molecule has 0 bridgehead atoms. The molecule has 0 spiro atoms. The van der Waals surface area contributed by atoms with Crippen molar-refractivity contribution in [2.75, 3.05) is 11.9 Å². The molecule has 0 N–H and O–H groups in total. The van der Waals surface area contributed by atoms with Crippen LogP contribution in [-0.4, -0.2) is 13.3 Å². The van der Waals surface area contributed by atoms with E-state index in [9.17, 15) is 13.2 Å². The summed E-state index contributed by atoms with van der Waals surface area (Å²) in [5.41, 5.74) is 0.146. The third-order valence-electron chi connectivity index (χ3n) is 1.59. The minimum absolute atomic E-state index is 0.146. The topological polar surface area (TPSA) is 3.24 Å². The zero-order valence-electron chi connectivity index (χ0n) is 6.77. The van der Waals surface area contributed by atoms with E-state index >= 15 is 0 Å². The second-order valence-corrected chi connectivity index (χ2v) is 3.75. The van der Waals surface area contributed by atoms with E-state index in [1.165, 1.54) is 12.1 Å². The molecule has 1 rings (SSSR count). The molecule has 5 heteroatoms. The lowest BCUT2D eigenvalue weighted by Gasteiger charge is -2.21. The fourth-order valence-corrected chi connectivity index (χ4v) is 1.17. The summed E-state index contributed by atoms with van der Waals surface area (Å²) in [5.74, 6) is 0. The molecule has 1 nitrogen and oxygen atoms in total. The molecule has 0 aliphatic rings. The number of hydrogen-bond acceptors (Lipinski definition) is 1. The number of hydrogen-bond donors (Lipinski definition) is 0. The van der Waals surface area contributed by atoms with Crippen LogP contribution in [0.3, 0.4) is 0 Å². The van der Waals surface area contributed by atoms with Gasteiger partial charge in [0.1, 0.15) is 0 Å². The van der Waals surface area contributed by atoms with Crippen LogP contribution >= 0.6 is 22.6 Å². The van der Waals surface area contributed by atoms with Gasteiger partial charge in [-0.1, -0.05) is 0 Å². The molecule has 1 aromatic rings. The lowest BCUT2D eigenvalue weighted by atomic mass is 10.3. The first-order valence-electron chi connectivity index (χ1n) is 3.47. The van der Waals surface area contributed by atoms with Crippen LogP contribution in [0.25, 0.3) is 0 Å². The number of alkyl halides is 3. The van der Waals surface area contributed by atoms with Gasteiger partial charge in [0.15, 0.2) is 0 Å². The fourth-order valence-electron chi connectivity index (χ4n) is 0.811. The minimum atomic E-state index is -4.31. The molecule has 0 unspecified atom stereocenters. The zero-order chi connectivity index (χ0) is 10.1. The van der Waals surface area contributed by atoms with Crippen LogP contribution < -0.4 is 4.90 Å². The highest BCUT2D eigenvalue weighted by atomic mass is 127. The quantitative estimate of drug-likeness (QED) is 0.568. The number of anilines is 1. The van der Waals surface area contributed by atoms with Crippen LogP contribution in [0.15, 0.2) is 24.3 Å². The van der Waals surface area contributed by atoms with Gasteiger partial charge < -0.3 is 0 Å². The van der Waals surface area contributed by atoms with Gasteiger partial charge in [-0.25, -0.2) is 0 Å². The Morgan fingerprint density at radius 2 is 1.62 bits per heavy atom. The number of rotatable bonds is 1. The Morgan fingerprint density at radius 1 is 1.15 bits per heavy atom. The molecule has 0 saturated heterocycles. The van der Waals surface area contributed by atoms with Crippen molar-refractivity contribution < 1.29 is 13.2 Å². The highest BCUT2D eigenvalue weighted by Gasteiger charge is 2.34. The Balaban J connectivity index is 2.90. The Labute approximate surface area is 87.7 Å². The summed E-state index contributed by atoms with van der Waals surface area (Å²) in [5, 5.41) is 0. The highest BCUT2D eigenvalue weighted by Crippen LogP contribution is 2.26. The van der Waals surface area contributed by atoms with Gasteiger partial charge in [0.05, 0.1) is 0 Å². The molecule has 0 aliphatic heterocycles. The maximum Gasteiger partial charge on any atom is 0.484 e. The van der Waals surface area contributed by atoms with Gasteiger partial charge in [0.25, 0.3) is 0 Å². The molecule has 72 valence electrons. The third-order valence-corrected chi connectivity index (χ3v) is 2.31. The lowest BCUT2D eigenvalue weighted by molar-refractivity contribution is -0.125. The Bertz CT molecular complexity index is 280. The Morgan fingerprint density at radius 3 is 2.00 bits per heavy atom. The van der Waals surface area contributed by atoms with Crippen LogP contribution in [0.1, 0.15) is 0 Å². The first kappa shape index (κ1) is 10.6. The van der Waals surface area contributed by atoms with Gasteiger partial charge in [0.2, 0.25) is 0 Å². The molecule has 13 heavy (non-hydrogen) atoms. The van der Waals surface area contributed by atoms with Crippen molar-refractivity contribution in [3.05, 3.63) is 27.8 Å². The molecule has 0 saturated carbocycles. The van der Waals surface area contributed by atoms with E-state index in [2.05, 4.69) is 0 Å². The van der Waals surface area contributed by atoms with Crippen molar-refractivity contribution in [3.8, 4) is 0 Å². The van der Waals surface area contributed by atoms with Crippen molar-refractivity contribution in [2.24, 2.45) is 0 Å². The predicted octanol–water partition coefficient (Wildman–Crippen LogP) is 3.25. The predicted molar refractivity (Wildman–Crippen MR) is 53.6 cm³/mol. The number of benzene rings is 1. The standard InChI is InChI=1S/C8H7F3IN/c1-13(8(9,10)11)7-4-2-6(12)3-5-7/h2-5H,1H3. The molecular formula is C8H7F3IN. The van der Waals surface area contributed by atoms with E-state index in [1.54, 1.807) is 12.1 Å². The van der Waals surface area contributed by atoms with Crippen LogP contribution in [-0.2, 0) is 0 Å². The van der Waals surface area contributed by atoms with Gasteiger partial charge in [-0.15, -0.1) is 0 Å². The fraction of sp³-hybridized carbons (Fsp3) is 0.250. The van der Waals surface area contributed by atoms with Crippen LogP contribution in [0.4, 0.5) is 18.9 Å². The van der Waals surface area contributed by atoms with E-state index in [0.29, 0.717) is 0 Å². The van der Waals surface area contributed by atoms with E-state index in [1.807, 2.05) is 22.6 Å². The average molecular weight is 301 g/mol. The SMILES string of the molecule is CN(c1ccc(I)cc1)C(F)(F)F. The van der Waals surface area contributed by atoms with E-state index in [-0.39, 0.29) is 10.6 Å². The van der Waals surface area contributed by atoms with Gasteiger partial charge in [-0.05, 0) is 46.9 Å². The Kier molecular flexibility index (Phi) is 3.05. The normalized spacial score (nSPS) is 11.5. The molecule has 0 heterocycles. The molecule has 1 aromatic carbocycles. The van der Waals surface area contributed by atoms with Crippen LogP contribution in [0, 0.1) is 3.57 Å². The number of halogens is 4. The summed E-state index contributed by atoms with van der Waals surface area (Å²) in [4.78, 5) is 0.281. The molecular weight excluding hydrogens is 294 g/mol. The summed E-state index contributed by atoms with van der Waals surface area (Å²) >= 11 is 2.04. The average Bonchev–Trinajstić information content (AvgIpc) is 2.03. The zero-order valence-corrected chi connectivity index (χ0v) is 8.93. The number of nitrogens with zero attached hydrogens (tertiary/aromatic N) is 1. The van der Waals surface area contributed by atoms with Crippen molar-refractivity contribution in [2.45, 2.75) is 6.30 Å². The molecule has 0 amide bonds. The monoisotopic (exact) mass is 301 g/mol. The van der Waals surface area contributed by atoms with Crippen LogP contribution in [0.5, 0.6) is 0 Å². The van der Waals surface area contributed by atoms with E-state index in [0.717, 1.165) is 10.6 Å². The van der Waals surface area contributed by atoms with Gasteiger partial charge >= 0.3 is 6.30 Å². The summed E-state index contributed by atoms with van der Waals surface area (Å²) in [6.45, 7) is 0. The maximum absolute atomic E-state index is 12.2. The van der Waals surface area contributed by atoms with Crippen LogP contribution in [0.2, 0.25) is 0 Å². The smallest absolute Gasteiger partial charge is 0.287 e. The second-order valence-electron chi connectivity index (χ2n) is 2.50. The first-order chi connectivity index (χ1) is 5.91. The van der Waals surface area contributed by atoms with Crippen molar-refractivity contribution in [1.29, 1.82) is 0 Å². The third kappa shape index (κ3) is 2.75. The van der Waals surface area contributed by atoms with Gasteiger partial charge in [0, 0.05) is 16.3 Å². The van der Waals surface area contributed by atoms with E-state index in [4.69, 9.17) is 0 Å². The van der Waals surface area contributed by atoms with Gasteiger partial charge in [-0.3, -0.25) is 4.90 Å².